The molecule has 0 radical (unpaired) electrons. The number of nitro groups is 1. The van der Waals surface area contributed by atoms with Gasteiger partial charge in [0.05, 0.1) is 23.6 Å². The average Bonchev–Trinajstić information content (AvgIpc) is 3.36. The minimum atomic E-state index is -4.92. The minimum Gasteiger partial charge on any atom is -0.492 e. The summed E-state index contributed by atoms with van der Waals surface area (Å²) < 4.78 is 89.2. The number of rotatable bonds is 9. The highest BCUT2D eigenvalue weighted by molar-refractivity contribution is 6.35. The van der Waals surface area contributed by atoms with E-state index in [9.17, 15) is 46.0 Å². The third-order valence-corrected chi connectivity index (χ3v) is 6.12. The average molecular weight is 612 g/mol. The molecular weight excluding hydrogens is 590 g/mol. The number of benzene rings is 3. The predicted molar refractivity (Wildman–Crippen MR) is 139 cm³/mol. The molecule has 4 rings (SSSR count). The van der Waals surface area contributed by atoms with Gasteiger partial charge in [0.1, 0.15) is 29.8 Å². The van der Waals surface area contributed by atoms with Gasteiger partial charge in [-0.3, -0.25) is 19.7 Å². The summed E-state index contributed by atoms with van der Waals surface area (Å²) in [5.74, 6) is -1.31. The number of nitrogens with zero attached hydrogens (tertiary/aromatic N) is 1. The number of hydrogen-bond donors (Lipinski definition) is 3. The zero-order chi connectivity index (χ0) is 31.4. The van der Waals surface area contributed by atoms with Gasteiger partial charge in [0.15, 0.2) is 0 Å². The summed E-state index contributed by atoms with van der Waals surface area (Å²) in [5, 5.41) is 18.3. The topological polar surface area (TPSA) is 132 Å². The van der Waals surface area contributed by atoms with E-state index in [4.69, 9.17) is 9.47 Å². The van der Waals surface area contributed by atoms with Crippen LogP contribution in [0, 0.1) is 10.1 Å². The number of fused-ring (bicyclic) bond motifs is 1. The second-order valence-corrected chi connectivity index (χ2v) is 9.21. The summed E-state index contributed by atoms with van der Waals surface area (Å²) in [5.41, 5.74) is -2.56. The maximum Gasteiger partial charge on any atom is 0.423 e. The third kappa shape index (κ3) is 8.05. The lowest BCUT2D eigenvalue weighted by Crippen LogP contribution is -2.44. The molecule has 0 fully saturated rings. The molecule has 43 heavy (non-hydrogen) atoms. The van der Waals surface area contributed by atoms with Crippen molar-refractivity contribution in [1.82, 2.24) is 10.6 Å². The van der Waals surface area contributed by atoms with Gasteiger partial charge in [0.25, 0.3) is 5.69 Å². The standard InChI is InChI=1S/C27H22F6N4O6/c28-26(29,30)16-1-8-23-15(11-16)12-20(43-23)14-35-25(39)24(38)34-9-10-42-19-5-2-17(3-6-19)36-18-4-7-22(37(40)41)21(13-18)27(31,32)33/h1-8,11,13,20,36H,9-10,12,14H2,(H,34,38)(H,35,39). The van der Waals surface area contributed by atoms with Crippen molar-refractivity contribution in [2.75, 3.05) is 25.0 Å². The molecule has 0 aromatic heterocycles. The van der Waals surface area contributed by atoms with Gasteiger partial charge in [-0.1, -0.05) is 0 Å². The zero-order valence-corrected chi connectivity index (χ0v) is 21.8. The van der Waals surface area contributed by atoms with Crippen LogP contribution in [-0.2, 0) is 28.4 Å². The molecule has 16 heteroatoms. The van der Waals surface area contributed by atoms with Crippen LogP contribution in [0.1, 0.15) is 16.7 Å². The van der Waals surface area contributed by atoms with E-state index in [2.05, 4.69) is 16.0 Å². The third-order valence-electron chi connectivity index (χ3n) is 6.12. The predicted octanol–water partition coefficient (Wildman–Crippen LogP) is 4.99. The van der Waals surface area contributed by atoms with Crippen LogP contribution < -0.4 is 25.4 Å². The van der Waals surface area contributed by atoms with Crippen molar-refractivity contribution in [3.05, 3.63) is 87.5 Å². The fourth-order valence-corrected chi connectivity index (χ4v) is 4.11. The molecule has 0 saturated carbocycles. The highest BCUT2D eigenvalue weighted by Gasteiger charge is 2.38. The smallest absolute Gasteiger partial charge is 0.423 e. The molecular formula is C27H22F6N4O6. The van der Waals surface area contributed by atoms with Crippen LogP contribution >= 0.6 is 0 Å². The molecule has 0 saturated heterocycles. The first-order chi connectivity index (χ1) is 20.2. The Morgan fingerprint density at radius 1 is 0.907 bits per heavy atom. The fraction of sp³-hybridized carbons (Fsp3) is 0.259. The molecule has 10 nitrogen and oxygen atoms in total. The first-order valence-electron chi connectivity index (χ1n) is 12.5. The van der Waals surface area contributed by atoms with Crippen molar-refractivity contribution in [3.63, 3.8) is 0 Å². The molecule has 1 atom stereocenters. The molecule has 3 N–H and O–H groups in total. The van der Waals surface area contributed by atoms with Crippen LogP contribution in [0.3, 0.4) is 0 Å². The van der Waals surface area contributed by atoms with Gasteiger partial charge < -0.3 is 25.4 Å². The maximum atomic E-state index is 13.2. The number of alkyl halides is 6. The van der Waals surface area contributed by atoms with E-state index in [-0.39, 0.29) is 37.6 Å². The van der Waals surface area contributed by atoms with Gasteiger partial charge in [0, 0.05) is 23.9 Å². The van der Waals surface area contributed by atoms with Crippen LogP contribution in [0.15, 0.2) is 60.7 Å². The van der Waals surface area contributed by atoms with Crippen molar-refractivity contribution < 1.29 is 50.3 Å². The molecule has 3 aromatic carbocycles. The molecule has 0 spiro atoms. The minimum absolute atomic E-state index is 0.0211. The van der Waals surface area contributed by atoms with Crippen LogP contribution in [0.4, 0.5) is 43.4 Å². The van der Waals surface area contributed by atoms with Crippen LogP contribution in [-0.4, -0.2) is 42.5 Å². The molecule has 1 unspecified atom stereocenters. The lowest BCUT2D eigenvalue weighted by atomic mass is 10.1. The first kappa shape index (κ1) is 30.9. The number of amides is 2. The maximum absolute atomic E-state index is 13.2. The lowest BCUT2D eigenvalue weighted by molar-refractivity contribution is -0.388. The van der Waals surface area contributed by atoms with Gasteiger partial charge >= 0.3 is 24.2 Å². The number of anilines is 2. The molecule has 3 aromatic rings. The van der Waals surface area contributed by atoms with Crippen LogP contribution in [0.5, 0.6) is 11.5 Å². The number of hydrogen-bond acceptors (Lipinski definition) is 7. The number of halogens is 6. The van der Waals surface area contributed by atoms with Crippen molar-refractivity contribution in [3.8, 4) is 11.5 Å². The quantitative estimate of drug-likeness (QED) is 0.102. The van der Waals surface area contributed by atoms with E-state index in [1.807, 2.05) is 0 Å². The van der Waals surface area contributed by atoms with Gasteiger partial charge in [0.2, 0.25) is 0 Å². The van der Waals surface area contributed by atoms with Gasteiger partial charge in [-0.25, -0.2) is 0 Å². The number of ether oxygens (including phenoxy) is 2. The van der Waals surface area contributed by atoms with Gasteiger partial charge in [-0.05, 0) is 60.2 Å². The van der Waals surface area contributed by atoms with Crippen LogP contribution in [0.2, 0.25) is 0 Å². The Bertz CT molecular complexity index is 1510. The fourth-order valence-electron chi connectivity index (χ4n) is 4.11. The molecule has 0 bridgehead atoms. The van der Waals surface area contributed by atoms with E-state index in [0.29, 0.717) is 23.1 Å². The normalized spacial score (nSPS) is 14.3. The SMILES string of the molecule is O=C(NCCOc1ccc(Nc2ccc([N+](=O)[O-])c(C(F)(F)F)c2)cc1)C(=O)NCC1Cc2cc(C(F)(F)F)ccc2O1. The van der Waals surface area contributed by atoms with Crippen molar-refractivity contribution in [1.29, 1.82) is 0 Å². The number of nitrogens with one attached hydrogen (secondary N) is 3. The monoisotopic (exact) mass is 612 g/mol. The Morgan fingerprint density at radius 2 is 1.58 bits per heavy atom. The number of nitro benzene ring substituents is 1. The summed E-state index contributed by atoms with van der Waals surface area (Å²) in [4.78, 5) is 33.9. The Kier molecular flexibility index (Phi) is 8.96. The summed E-state index contributed by atoms with van der Waals surface area (Å²) in [6.45, 7) is -0.191. The molecule has 2 amide bonds. The van der Waals surface area contributed by atoms with E-state index in [1.165, 1.54) is 30.3 Å². The van der Waals surface area contributed by atoms with E-state index >= 15 is 0 Å². The highest BCUT2D eigenvalue weighted by Crippen LogP contribution is 2.38. The molecule has 1 heterocycles. The molecule has 1 aliphatic heterocycles. The van der Waals surface area contributed by atoms with E-state index in [1.54, 1.807) is 0 Å². The van der Waals surface area contributed by atoms with E-state index in [0.717, 1.165) is 24.3 Å². The largest absolute Gasteiger partial charge is 0.492 e. The van der Waals surface area contributed by atoms with Crippen molar-refractivity contribution in [2.24, 2.45) is 0 Å². The Hall–Kier alpha value is -5.02. The van der Waals surface area contributed by atoms with Gasteiger partial charge in [-0.2, -0.15) is 26.3 Å². The lowest BCUT2D eigenvalue weighted by Gasteiger charge is -2.13. The van der Waals surface area contributed by atoms with Crippen LogP contribution in [0.25, 0.3) is 0 Å². The van der Waals surface area contributed by atoms with Crippen molar-refractivity contribution >= 4 is 28.9 Å². The second-order valence-electron chi connectivity index (χ2n) is 9.21. The summed E-state index contributed by atoms with van der Waals surface area (Å²) in [6, 6.07) is 11.6. The van der Waals surface area contributed by atoms with Crippen molar-refractivity contribution in [2.45, 2.75) is 24.9 Å². The Balaban J connectivity index is 1.18. The summed E-state index contributed by atoms with van der Waals surface area (Å²) in [6.07, 6.45) is -9.92. The molecule has 0 aliphatic carbocycles. The zero-order valence-electron chi connectivity index (χ0n) is 21.8. The first-order valence-corrected chi connectivity index (χ1v) is 12.5. The molecule has 1 aliphatic rings. The molecule has 228 valence electrons. The summed E-state index contributed by atoms with van der Waals surface area (Å²) in [7, 11) is 0. The number of carbonyl (C=O) groups is 2. The number of carbonyl (C=O) groups excluding carboxylic acids is 2. The van der Waals surface area contributed by atoms with Gasteiger partial charge in [-0.15, -0.1) is 0 Å². The second kappa shape index (κ2) is 12.5. The highest BCUT2D eigenvalue weighted by atomic mass is 19.4. The van der Waals surface area contributed by atoms with E-state index < -0.39 is 52.0 Å². The summed E-state index contributed by atoms with van der Waals surface area (Å²) >= 11 is 0. The Labute approximate surface area is 239 Å². The Morgan fingerprint density at radius 3 is 2.23 bits per heavy atom.